The van der Waals surface area contributed by atoms with Crippen molar-refractivity contribution >= 4 is 12.0 Å². The summed E-state index contributed by atoms with van der Waals surface area (Å²) < 4.78 is 5.65. The fraction of sp³-hybridized carbons (Fsp3) is 0.875. The van der Waals surface area contributed by atoms with Crippen LogP contribution in [0.25, 0.3) is 0 Å². The third kappa shape index (κ3) is 5.83. The van der Waals surface area contributed by atoms with Crippen molar-refractivity contribution in [3.8, 4) is 0 Å². The first-order chi connectivity index (χ1) is 10.3. The predicted octanol–water partition coefficient (Wildman–Crippen LogP) is 2.19. The molecule has 6 nitrogen and oxygen atoms in total. The standard InChI is InChI=1S/C16H30N2O4/c1-5-22-14(11(2)3)6-7-17-16(21)18-9-12(4)8-13(10-18)15(19)20/h11-14H,5-10H2,1-4H3,(H,17,21)(H,19,20). The minimum atomic E-state index is -0.819. The average molecular weight is 314 g/mol. The van der Waals surface area contributed by atoms with E-state index in [0.29, 0.717) is 38.6 Å². The van der Waals surface area contributed by atoms with Crippen molar-refractivity contribution in [2.45, 2.75) is 46.6 Å². The largest absolute Gasteiger partial charge is 0.481 e. The molecule has 0 radical (unpaired) electrons. The van der Waals surface area contributed by atoms with Crippen molar-refractivity contribution in [3.05, 3.63) is 0 Å². The van der Waals surface area contributed by atoms with Crippen molar-refractivity contribution in [1.82, 2.24) is 10.2 Å². The minimum absolute atomic E-state index is 0.136. The van der Waals surface area contributed by atoms with Gasteiger partial charge in [0.2, 0.25) is 0 Å². The van der Waals surface area contributed by atoms with E-state index in [9.17, 15) is 9.59 Å². The summed E-state index contributed by atoms with van der Waals surface area (Å²) in [5, 5.41) is 12.0. The van der Waals surface area contributed by atoms with E-state index in [1.807, 2.05) is 13.8 Å². The lowest BCUT2D eigenvalue weighted by Gasteiger charge is -2.34. The molecule has 0 aromatic rings. The SMILES string of the molecule is CCOC(CCNC(=O)N1CC(C)CC(C(=O)O)C1)C(C)C. The zero-order valence-corrected chi connectivity index (χ0v) is 14.2. The molecule has 6 heteroatoms. The molecule has 0 saturated carbocycles. The van der Waals surface area contributed by atoms with E-state index in [0.717, 1.165) is 6.42 Å². The maximum absolute atomic E-state index is 12.2. The lowest BCUT2D eigenvalue weighted by molar-refractivity contribution is -0.143. The van der Waals surface area contributed by atoms with E-state index in [1.165, 1.54) is 0 Å². The molecule has 1 fully saturated rings. The summed E-state index contributed by atoms with van der Waals surface area (Å²) in [5.74, 6) is -0.655. The van der Waals surface area contributed by atoms with Gasteiger partial charge in [-0.05, 0) is 31.6 Å². The molecule has 0 aromatic heterocycles. The fourth-order valence-corrected chi connectivity index (χ4v) is 2.95. The highest BCUT2D eigenvalue weighted by atomic mass is 16.5. The predicted molar refractivity (Wildman–Crippen MR) is 84.7 cm³/mol. The second-order valence-corrected chi connectivity index (χ2v) is 6.54. The number of carboxylic acid groups (broad SMARTS) is 1. The topological polar surface area (TPSA) is 78.9 Å². The van der Waals surface area contributed by atoms with Gasteiger partial charge < -0.3 is 20.1 Å². The molecule has 2 N–H and O–H groups in total. The molecule has 128 valence electrons. The normalized spacial score (nSPS) is 23.4. The Kier molecular flexibility index (Phi) is 7.65. The van der Waals surface area contributed by atoms with Gasteiger partial charge in [-0.3, -0.25) is 4.79 Å². The zero-order valence-electron chi connectivity index (χ0n) is 14.2. The maximum atomic E-state index is 12.2. The van der Waals surface area contributed by atoms with Crippen LogP contribution in [-0.4, -0.2) is 54.4 Å². The van der Waals surface area contributed by atoms with Gasteiger partial charge in [0.25, 0.3) is 0 Å². The van der Waals surface area contributed by atoms with E-state index < -0.39 is 11.9 Å². The van der Waals surface area contributed by atoms with E-state index in [4.69, 9.17) is 9.84 Å². The third-order valence-corrected chi connectivity index (χ3v) is 4.13. The summed E-state index contributed by atoms with van der Waals surface area (Å²) in [6.45, 7) is 10.3. The number of rotatable bonds is 7. The molecule has 0 bridgehead atoms. The quantitative estimate of drug-likeness (QED) is 0.755. The average Bonchev–Trinajstić information content (AvgIpc) is 2.45. The number of ether oxygens (including phenoxy) is 1. The number of aliphatic carboxylic acids is 1. The first-order valence-corrected chi connectivity index (χ1v) is 8.22. The van der Waals surface area contributed by atoms with Crippen LogP contribution in [0, 0.1) is 17.8 Å². The smallest absolute Gasteiger partial charge is 0.317 e. The first kappa shape index (κ1) is 18.7. The van der Waals surface area contributed by atoms with Gasteiger partial charge >= 0.3 is 12.0 Å². The molecule has 22 heavy (non-hydrogen) atoms. The Bertz CT molecular complexity index is 373. The number of hydrogen-bond acceptors (Lipinski definition) is 3. The van der Waals surface area contributed by atoms with Crippen LogP contribution in [0.4, 0.5) is 4.79 Å². The molecule has 0 spiro atoms. The molecule has 1 heterocycles. The Balaban J connectivity index is 2.42. The molecular formula is C16H30N2O4. The summed E-state index contributed by atoms with van der Waals surface area (Å²) in [4.78, 5) is 25.0. The molecule has 3 atom stereocenters. The van der Waals surface area contributed by atoms with Crippen LogP contribution in [0.1, 0.15) is 40.5 Å². The fourth-order valence-electron chi connectivity index (χ4n) is 2.95. The Morgan fingerprint density at radius 1 is 1.36 bits per heavy atom. The van der Waals surface area contributed by atoms with Crippen LogP contribution in [0.2, 0.25) is 0 Å². The first-order valence-electron chi connectivity index (χ1n) is 8.22. The number of nitrogens with one attached hydrogen (secondary N) is 1. The van der Waals surface area contributed by atoms with E-state index in [2.05, 4.69) is 19.2 Å². The molecule has 3 unspecified atom stereocenters. The Labute approximate surface area is 133 Å². The molecule has 1 rings (SSSR count). The number of amides is 2. The Morgan fingerprint density at radius 3 is 2.59 bits per heavy atom. The highest BCUT2D eigenvalue weighted by molar-refractivity contribution is 5.76. The molecule has 0 aromatic carbocycles. The maximum Gasteiger partial charge on any atom is 0.317 e. The second-order valence-electron chi connectivity index (χ2n) is 6.54. The van der Waals surface area contributed by atoms with Gasteiger partial charge in [-0.1, -0.05) is 20.8 Å². The number of hydrogen-bond donors (Lipinski definition) is 2. The summed E-state index contributed by atoms with van der Waals surface area (Å²) in [6, 6.07) is -0.170. The van der Waals surface area contributed by atoms with Gasteiger partial charge in [-0.2, -0.15) is 0 Å². The van der Waals surface area contributed by atoms with Gasteiger partial charge in [0.1, 0.15) is 0 Å². The monoisotopic (exact) mass is 314 g/mol. The molecule has 0 aliphatic carbocycles. The molecule has 1 aliphatic rings. The number of likely N-dealkylation sites (tertiary alicyclic amines) is 1. The summed E-state index contributed by atoms with van der Waals surface area (Å²) in [6.07, 6.45) is 1.54. The second kappa shape index (κ2) is 8.98. The van der Waals surface area contributed by atoms with E-state index in [1.54, 1.807) is 4.90 Å². The Hall–Kier alpha value is -1.30. The third-order valence-electron chi connectivity index (χ3n) is 4.13. The molecular weight excluding hydrogens is 284 g/mol. The van der Waals surface area contributed by atoms with Crippen LogP contribution in [-0.2, 0) is 9.53 Å². The van der Waals surface area contributed by atoms with E-state index >= 15 is 0 Å². The number of carbonyl (C=O) groups excluding carboxylic acids is 1. The van der Waals surface area contributed by atoms with Crippen molar-refractivity contribution < 1.29 is 19.4 Å². The number of carboxylic acids is 1. The van der Waals surface area contributed by atoms with Crippen LogP contribution in [0.3, 0.4) is 0 Å². The number of carbonyl (C=O) groups is 2. The van der Waals surface area contributed by atoms with Crippen molar-refractivity contribution in [2.75, 3.05) is 26.2 Å². The summed E-state index contributed by atoms with van der Waals surface area (Å²) in [7, 11) is 0. The van der Waals surface area contributed by atoms with E-state index in [-0.39, 0.29) is 18.1 Å². The highest BCUT2D eigenvalue weighted by Gasteiger charge is 2.31. The summed E-state index contributed by atoms with van der Waals surface area (Å²) >= 11 is 0. The van der Waals surface area contributed by atoms with Crippen LogP contribution in [0.5, 0.6) is 0 Å². The van der Waals surface area contributed by atoms with Crippen molar-refractivity contribution in [1.29, 1.82) is 0 Å². The Morgan fingerprint density at radius 2 is 2.05 bits per heavy atom. The van der Waals surface area contributed by atoms with Crippen molar-refractivity contribution in [2.24, 2.45) is 17.8 Å². The van der Waals surface area contributed by atoms with Gasteiger partial charge in [-0.15, -0.1) is 0 Å². The van der Waals surface area contributed by atoms with Gasteiger partial charge in [0.05, 0.1) is 12.0 Å². The number of urea groups is 1. The number of piperidine rings is 1. The van der Waals surface area contributed by atoms with Gasteiger partial charge in [-0.25, -0.2) is 4.79 Å². The molecule has 1 saturated heterocycles. The van der Waals surface area contributed by atoms with Crippen LogP contribution >= 0.6 is 0 Å². The van der Waals surface area contributed by atoms with Gasteiger partial charge in [0, 0.05) is 26.2 Å². The van der Waals surface area contributed by atoms with Crippen molar-refractivity contribution in [3.63, 3.8) is 0 Å². The highest BCUT2D eigenvalue weighted by Crippen LogP contribution is 2.21. The van der Waals surface area contributed by atoms with Crippen LogP contribution in [0.15, 0.2) is 0 Å². The lowest BCUT2D eigenvalue weighted by Crippen LogP contribution is -2.49. The van der Waals surface area contributed by atoms with Gasteiger partial charge in [0.15, 0.2) is 0 Å². The summed E-state index contributed by atoms with van der Waals surface area (Å²) in [5.41, 5.74) is 0. The minimum Gasteiger partial charge on any atom is -0.481 e. The molecule has 2 amide bonds. The zero-order chi connectivity index (χ0) is 16.7. The lowest BCUT2D eigenvalue weighted by atomic mass is 9.91. The molecule has 1 aliphatic heterocycles. The van der Waals surface area contributed by atoms with Crippen LogP contribution < -0.4 is 5.32 Å². The number of nitrogens with zero attached hydrogens (tertiary/aromatic N) is 1.